The molecule has 0 bridgehead atoms. The Morgan fingerprint density at radius 3 is 2.85 bits per heavy atom. The predicted molar refractivity (Wildman–Crippen MR) is 80.2 cm³/mol. The van der Waals surface area contributed by atoms with Crippen molar-refractivity contribution in [1.29, 1.82) is 0 Å². The van der Waals surface area contributed by atoms with Gasteiger partial charge < -0.3 is 5.11 Å². The van der Waals surface area contributed by atoms with E-state index in [-0.39, 0.29) is 5.92 Å². The smallest absolute Gasteiger partial charge is 0.306 e. The molecule has 2 aromatic rings. The highest BCUT2D eigenvalue weighted by atomic mass is 32.1. The van der Waals surface area contributed by atoms with Gasteiger partial charge in [0.2, 0.25) is 0 Å². The van der Waals surface area contributed by atoms with Gasteiger partial charge in [0.25, 0.3) is 0 Å². The van der Waals surface area contributed by atoms with Crippen molar-refractivity contribution < 1.29 is 9.90 Å². The van der Waals surface area contributed by atoms with E-state index in [4.69, 9.17) is 10.1 Å². The lowest BCUT2D eigenvalue weighted by molar-refractivity contribution is -0.142. The molecule has 1 aromatic heterocycles. The van der Waals surface area contributed by atoms with E-state index < -0.39 is 5.97 Å². The molecule has 1 aromatic carbocycles. The third-order valence-corrected chi connectivity index (χ3v) is 5.21. The molecule has 0 saturated carbocycles. The van der Waals surface area contributed by atoms with Crippen LogP contribution < -0.4 is 0 Å². The number of aryl methyl sites for hydroxylation is 3. The summed E-state index contributed by atoms with van der Waals surface area (Å²) in [5.41, 5.74) is 4.78. The van der Waals surface area contributed by atoms with Crippen LogP contribution in [0.25, 0.3) is 10.6 Å². The minimum absolute atomic E-state index is 0.240. The van der Waals surface area contributed by atoms with Crippen LogP contribution in [0.15, 0.2) is 18.2 Å². The number of carboxylic acid groups (broad SMARTS) is 1. The highest BCUT2D eigenvalue weighted by molar-refractivity contribution is 7.15. The molecule has 3 nitrogen and oxygen atoms in total. The Hall–Kier alpha value is -1.68. The molecule has 0 saturated heterocycles. The normalized spacial score (nSPS) is 17.8. The van der Waals surface area contributed by atoms with Gasteiger partial charge in [-0.3, -0.25) is 4.79 Å². The second kappa shape index (κ2) is 5.02. The molecule has 20 heavy (non-hydrogen) atoms. The maximum Gasteiger partial charge on any atom is 0.306 e. The molecule has 1 aliphatic rings. The Balaban J connectivity index is 1.94. The third-order valence-electron chi connectivity index (χ3n) is 4.04. The molecule has 3 rings (SSSR count). The molecule has 0 amide bonds. The van der Waals surface area contributed by atoms with Crippen molar-refractivity contribution in [1.82, 2.24) is 4.98 Å². The summed E-state index contributed by atoms with van der Waals surface area (Å²) in [6.07, 6.45) is 2.12. The number of hydrogen-bond acceptors (Lipinski definition) is 3. The highest BCUT2D eigenvalue weighted by Crippen LogP contribution is 2.35. The molecular weight excluding hydrogens is 270 g/mol. The zero-order chi connectivity index (χ0) is 14.3. The molecular formula is C16H17NO2S. The summed E-state index contributed by atoms with van der Waals surface area (Å²) in [5.74, 6) is -0.924. The zero-order valence-corrected chi connectivity index (χ0v) is 12.5. The van der Waals surface area contributed by atoms with Gasteiger partial charge in [0.05, 0.1) is 11.6 Å². The molecule has 4 heteroatoms. The molecule has 0 radical (unpaired) electrons. The quantitative estimate of drug-likeness (QED) is 0.918. The SMILES string of the molecule is Cc1ccc(-c2nc3c(s2)CC(C(=O)O)CC3)cc1C. The van der Waals surface area contributed by atoms with Crippen molar-refractivity contribution in [3.63, 3.8) is 0 Å². The molecule has 0 fully saturated rings. The van der Waals surface area contributed by atoms with Crippen LogP contribution >= 0.6 is 11.3 Å². The number of carboxylic acids is 1. The van der Waals surface area contributed by atoms with Crippen molar-refractivity contribution in [2.45, 2.75) is 33.1 Å². The molecule has 1 atom stereocenters. The average molecular weight is 287 g/mol. The monoisotopic (exact) mass is 287 g/mol. The number of hydrogen-bond donors (Lipinski definition) is 1. The summed E-state index contributed by atoms with van der Waals surface area (Å²) in [7, 11) is 0. The number of thiazole rings is 1. The average Bonchev–Trinajstić information content (AvgIpc) is 2.84. The minimum atomic E-state index is -0.684. The Morgan fingerprint density at radius 1 is 1.35 bits per heavy atom. The fourth-order valence-electron chi connectivity index (χ4n) is 2.58. The summed E-state index contributed by atoms with van der Waals surface area (Å²) in [4.78, 5) is 17.0. The Kier molecular flexibility index (Phi) is 3.34. The number of benzene rings is 1. The van der Waals surface area contributed by atoms with E-state index in [2.05, 4.69) is 32.0 Å². The maximum atomic E-state index is 11.1. The second-order valence-electron chi connectivity index (χ2n) is 5.47. The number of aliphatic carboxylic acids is 1. The van der Waals surface area contributed by atoms with Gasteiger partial charge in [-0.15, -0.1) is 11.3 Å². The molecule has 104 valence electrons. The topological polar surface area (TPSA) is 50.2 Å². The van der Waals surface area contributed by atoms with Gasteiger partial charge >= 0.3 is 5.97 Å². The minimum Gasteiger partial charge on any atom is -0.481 e. The van der Waals surface area contributed by atoms with E-state index in [1.165, 1.54) is 11.1 Å². The van der Waals surface area contributed by atoms with Crippen molar-refractivity contribution >= 4 is 17.3 Å². The first-order valence-corrected chi connectivity index (χ1v) is 7.65. The first-order chi connectivity index (χ1) is 9.54. The van der Waals surface area contributed by atoms with Gasteiger partial charge in [0.1, 0.15) is 5.01 Å². The molecule has 1 heterocycles. The van der Waals surface area contributed by atoms with Gasteiger partial charge in [0.15, 0.2) is 0 Å². The Morgan fingerprint density at radius 2 is 2.15 bits per heavy atom. The van der Waals surface area contributed by atoms with E-state index in [9.17, 15) is 4.79 Å². The number of fused-ring (bicyclic) bond motifs is 1. The fraction of sp³-hybridized carbons (Fsp3) is 0.375. The van der Waals surface area contributed by atoms with E-state index >= 15 is 0 Å². The number of aromatic nitrogens is 1. The second-order valence-corrected chi connectivity index (χ2v) is 6.55. The van der Waals surface area contributed by atoms with Crippen LogP contribution in [-0.2, 0) is 17.6 Å². The summed E-state index contributed by atoms with van der Waals surface area (Å²) in [5, 5.41) is 10.2. The van der Waals surface area contributed by atoms with Crippen molar-refractivity contribution in [3.8, 4) is 10.6 Å². The van der Waals surface area contributed by atoms with Crippen LogP contribution in [0.3, 0.4) is 0 Å². The van der Waals surface area contributed by atoms with Crippen molar-refractivity contribution in [2.24, 2.45) is 5.92 Å². The van der Waals surface area contributed by atoms with E-state index in [1.807, 2.05) is 0 Å². The van der Waals surface area contributed by atoms with Gasteiger partial charge in [-0.05, 0) is 50.3 Å². The summed E-state index contributed by atoms with van der Waals surface area (Å²) < 4.78 is 0. The van der Waals surface area contributed by atoms with Crippen LogP contribution in [0, 0.1) is 19.8 Å². The summed E-state index contributed by atoms with van der Waals surface area (Å²) in [6, 6.07) is 6.38. The summed E-state index contributed by atoms with van der Waals surface area (Å²) in [6.45, 7) is 4.20. The van der Waals surface area contributed by atoms with E-state index in [0.717, 1.165) is 27.6 Å². The standard InChI is InChI=1S/C16H17NO2S/c1-9-3-4-11(7-10(9)2)15-17-13-6-5-12(16(18)19)8-14(13)20-15/h3-4,7,12H,5-6,8H2,1-2H3,(H,18,19). The van der Waals surface area contributed by atoms with Gasteiger partial charge in [-0.25, -0.2) is 4.98 Å². The largest absolute Gasteiger partial charge is 0.481 e. The number of nitrogens with zero attached hydrogens (tertiary/aromatic N) is 1. The van der Waals surface area contributed by atoms with Gasteiger partial charge in [-0.2, -0.15) is 0 Å². The third kappa shape index (κ3) is 2.36. The molecule has 0 aliphatic heterocycles. The highest BCUT2D eigenvalue weighted by Gasteiger charge is 2.27. The first-order valence-electron chi connectivity index (χ1n) is 6.83. The number of carbonyl (C=O) groups is 1. The van der Waals surface area contributed by atoms with Crippen LogP contribution in [0.4, 0.5) is 0 Å². The molecule has 1 aliphatic carbocycles. The van der Waals surface area contributed by atoms with E-state index in [1.54, 1.807) is 11.3 Å². The molecule has 0 spiro atoms. The van der Waals surface area contributed by atoms with Crippen LogP contribution in [-0.4, -0.2) is 16.1 Å². The lowest BCUT2D eigenvalue weighted by atomic mass is 9.91. The van der Waals surface area contributed by atoms with Crippen molar-refractivity contribution in [2.75, 3.05) is 0 Å². The van der Waals surface area contributed by atoms with Gasteiger partial charge in [-0.1, -0.05) is 12.1 Å². The number of rotatable bonds is 2. The van der Waals surface area contributed by atoms with E-state index in [0.29, 0.717) is 12.8 Å². The fourth-order valence-corrected chi connectivity index (χ4v) is 3.77. The lowest BCUT2D eigenvalue weighted by Crippen LogP contribution is -2.21. The maximum absolute atomic E-state index is 11.1. The Bertz CT molecular complexity index is 675. The Labute approximate surface area is 122 Å². The van der Waals surface area contributed by atoms with Crippen LogP contribution in [0.2, 0.25) is 0 Å². The van der Waals surface area contributed by atoms with Crippen molar-refractivity contribution in [3.05, 3.63) is 39.9 Å². The molecule has 1 N–H and O–H groups in total. The molecule has 1 unspecified atom stereocenters. The lowest BCUT2D eigenvalue weighted by Gasteiger charge is -2.16. The van der Waals surface area contributed by atoms with Crippen LogP contribution in [0.1, 0.15) is 28.1 Å². The van der Waals surface area contributed by atoms with Gasteiger partial charge in [0, 0.05) is 10.4 Å². The zero-order valence-electron chi connectivity index (χ0n) is 11.6. The first kappa shape index (κ1) is 13.3. The van der Waals surface area contributed by atoms with Crippen LogP contribution in [0.5, 0.6) is 0 Å². The predicted octanol–water partition coefficient (Wildman–Crippen LogP) is 3.62. The summed E-state index contributed by atoms with van der Waals surface area (Å²) >= 11 is 1.65.